The molecule has 3 nitrogen and oxygen atoms in total. The van der Waals surface area contributed by atoms with Crippen LogP contribution in [0.2, 0.25) is 5.02 Å². The highest BCUT2D eigenvalue weighted by Gasteiger charge is 2.39. The quantitative estimate of drug-likeness (QED) is 0.927. The number of likely N-dealkylation sites (tertiary alicyclic amines) is 1. The van der Waals surface area contributed by atoms with E-state index in [1.165, 1.54) is 13.2 Å². The normalized spacial score (nSPS) is 23.6. The molecule has 2 rings (SSSR count). The van der Waals surface area contributed by atoms with Crippen LogP contribution in [0.25, 0.3) is 0 Å². The van der Waals surface area contributed by atoms with E-state index in [4.69, 9.17) is 22.1 Å². The lowest BCUT2D eigenvalue weighted by Gasteiger charge is -2.24. The Bertz CT molecular complexity index is 522. The number of nitrogens with two attached hydrogens (primary N) is 1. The van der Waals surface area contributed by atoms with Gasteiger partial charge in [0.25, 0.3) is 0 Å². The van der Waals surface area contributed by atoms with Gasteiger partial charge in [-0.25, -0.2) is 0 Å². The molecule has 1 fully saturated rings. The summed E-state index contributed by atoms with van der Waals surface area (Å²) in [6.07, 6.45) is -3.85. The summed E-state index contributed by atoms with van der Waals surface area (Å²) in [7, 11) is 3.10. The van der Waals surface area contributed by atoms with Gasteiger partial charge in [-0.3, -0.25) is 4.90 Å². The van der Waals surface area contributed by atoms with Gasteiger partial charge in [0.1, 0.15) is 5.75 Å². The summed E-state index contributed by atoms with van der Waals surface area (Å²) in [5.74, 6) is 0.228. The van der Waals surface area contributed by atoms with Crippen LogP contribution in [0, 0.1) is 5.92 Å². The van der Waals surface area contributed by atoms with Crippen molar-refractivity contribution in [1.29, 1.82) is 0 Å². The molecule has 1 aliphatic heterocycles. The van der Waals surface area contributed by atoms with Crippen LogP contribution < -0.4 is 10.5 Å². The summed E-state index contributed by atoms with van der Waals surface area (Å²) in [6, 6.07) is 2.00. The van der Waals surface area contributed by atoms with Gasteiger partial charge >= 0.3 is 6.18 Å². The highest BCUT2D eigenvalue weighted by Crippen LogP contribution is 2.44. The minimum absolute atomic E-state index is 0.0313. The topological polar surface area (TPSA) is 38.5 Å². The van der Waals surface area contributed by atoms with Gasteiger partial charge in [-0.05, 0) is 43.6 Å². The third-order valence-electron chi connectivity index (χ3n) is 3.96. The maximum absolute atomic E-state index is 13.3. The van der Waals surface area contributed by atoms with Crippen LogP contribution in [-0.2, 0) is 6.18 Å². The molecule has 0 aliphatic carbocycles. The summed E-state index contributed by atoms with van der Waals surface area (Å²) < 4.78 is 44.8. The van der Waals surface area contributed by atoms with Gasteiger partial charge in [0.05, 0.1) is 17.7 Å². The molecule has 0 saturated carbocycles. The highest BCUT2D eigenvalue weighted by atomic mass is 35.5. The van der Waals surface area contributed by atoms with Crippen molar-refractivity contribution in [3.05, 3.63) is 28.3 Å². The number of methoxy groups -OCH3 is 1. The Morgan fingerprint density at radius 1 is 1.43 bits per heavy atom. The molecule has 1 saturated heterocycles. The predicted octanol–water partition coefficient (Wildman–Crippen LogP) is 3.32. The summed E-state index contributed by atoms with van der Waals surface area (Å²) in [5, 5.41) is 0.185. The molecule has 2 atom stereocenters. The maximum atomic E-state index is 13.3. The van der Waals surface area contributed by atoms with Gasteiger partial charge in [-0.2, -0.15) is 13.2 Å². The second-order valence-electron chi connectivity index (χ2n) is 5.36. The number of hydrogen-bond donors (Lipinski definition) is 1. The lowest BCUT2D eigenvalue weighted by molar-refractivity contribution is -0.138. The molecule has 118 valence electrons. The van der Waals surface area contributed by atoms with E-state index in [0.717, 1.165) is 6.07 Å². The Kier molecular flexibility index (Phi) is 4.70. The minimum atomic E-state index is -4.45. The van der Waals surface area contributed by atoms with Crippen LogP contribution in [0.4, 0.5) is 13.2 Å². The summed E-state index contributed by atoms with van der Waals surface area (Å²) in [6.45, 7) is 1.15. The van der Waals surface area contributed by atoms with E-state index in [0.29, 0.717) is 19.5 Å². The summed E-state index contributed by atoms with van der Waals surface area (Å²) in [5.41, 5.74) is 5.13. The van der Waals surface area contributed by atoms with Crippen molar-refractivity contribution in [3.8, 4) is 5.75 Å². The van der Waals surface area contributed by atoms with E-state index in [9.17, 15) is 13.2 Å². The smallest absolute Gasteiger partial charge is 0.416 e. The monoisotopic (exact) mass is 322 g/mol. The van der Waals surface area contributed by atoms with Crippen molar-refractivity contribution in [2.75, 3.05) is 27.2 Å². The minimum Gasteiger partial charge on any atom is -0.495 e. The first-order valence-corrected chi connectivity index (χ1v) is 7.00. The number of nitrogens with zero attached hydrogens (tertiary/aromatic N) is 1. The molecule has 1 heterocycles. The van der Waals surface area contributed by atoms with E-state index < -0.39 is 11.7 Å². The first-order valence-electron chi connectivity index (χ1n) is 6.62. The Morgan fingerprint density at radius 3 is 2.57 bits per heavy atom. The van der Waals surface area contributed by atoms with Crippen LogP contribution in [-0.4, -0.2) is 32.1 Å². The number of ether oxygens (including phenoxy) is 1. The number of halogens is 4. The molecule has 2 N–H and O–H groups in total. The third-order valence-corrected chi connectivity index (χ3v) is 4.25. The maximum Gasteiger partial charge on any atom is 0.416 e. The molecule has 21 heavy (non-hydrogen) atoms. The van der Waals surface area contributed by atoms with Gasteiger partial charge in [0, 0.05) is 12.6 Å². The second kappa shape index (κ2) is 6.02. The fourth-order valence-electron chi connectivity index (χ4n) is 2.89. The molecule has 2 unspecified atom stereocenters. The van der Waals surface area contributed by atoms with Crippen LogP contribution >= 0.6 is 11.6 Å². The molecular weight excluding hydrogens is 305 g/mol. The molecule has 0 bridgehead atoms. The van der Waals surface area contributed by atoms with Crippen molar-refractivity contribution in [1.82, 2.24) is 4.90 Å². The number of alkyl halides is 3. The van der Waals surface area contributed by atoms with Crippen molar-refractivity contribution in [2.24, 2.45) is 11.7 Å². The lowest BCUT2D eigenvalue weighted by atomic mass is 9.95. The standard InChI is InChI=1S/C14H18ClF3N2O/c1-20-7-8(6-19)3-12(20)9-4-11(15)13(21-2)5-10(9)14(16,17)18/h4-5,8,12H,3,6-7,19H2,1-2H3. The van der Waals surface area contributed by atoms with Crippen molar-refractivity contribution >= 4 is 11.6 Å². The first kappa shape index (κ1) is 16.4. The van der Waals surface area contributed by atoms with Crippen molar-refractivity contribution in [2.45, 2.75) is 18.6 Å². The third kappa shape index (κ3) is 3.27. The van der Waals surface area contributed by atoms with Gasteiger partial charge in [0.15, 0.2) is 0 Å². The number of hydrogen-bond acceptors (Lipinski definition) is 3. The largest absolute Gasteiger partial charge is 0.495 e. The lowest BCUT2D eigenvalue weighted by Crippen LogP contribution is -2.22. The zero-order valence-electron chi connectivity index (χ0n) is 11.9. The van der Waals surface area contributed by atoms with Crippen LogP contribution in [0.15, 0.2) is 12.1 Å². The average molecular weight is 323 g/mol. The Balaban J connectivity index is 2.49. The molecular formula is C14H18ClF3N2O. The zero-order valence-corrected chi connectivity index (χ0v) is 12.6. The predicted molar refractivity (Wildman–Crippen MR) is 75.5 cm³/mol. The van der Waals surface area contributed by atoms with E-state index in [-0.39, 0.29) is 28.3 Å². The first-order chi connectivity index (χ1) is 9.77. The van der Waals surface area contributed by atoms with E-state index in [1.807, 2.05) is 4.90 Å². The van der Waals surface area contributed by atoms with Crippen LogP contribution in [0.5, 0.6) is 5.75 Å². The van der Waals surface area contributed by atoms with E-state index >= 15 is 0 Å². The molecule has 0 aromatic heterocycles. The average Bonchev–Trinajstić information content (AvgIpc) is 2.78. The molecule has 0 spiro atoms. The molecule has 0 radical (unpaired) electrons. The fraction of sp³-hybridized carbons (Fsp3) is 0.571. The summed E-state index contributed by atoms with van der Waals surface area (Å²) in [4.78, 5) is 1.89. The molecule has 0 amide bonds. The SMILES string of the molecule is COc1cc(C(F)(F)F)c(C2CC(CN)CN2C)cc1Cl. The number of rotatable bonds is 3. The van der Waals surface area contributed by atoms with E-state index in [2.05, 4.69) is 0 Å². The van der Waals surface area contributed by atoms with Gasteiger partial charge in [0.2, 0.25) is 0 Å². The van der Waals surface area contributed by atoms with Gasteiger partial charge in [-0.15, -0.1) is 0 Å². The van der Waals surface area contributed by atoms with Crippen LogP contribution in [0.3, 0.4) is 0 Å². The second-order valence-corrected chi connectivity index (χ2v) is 5.77. The highest BCUT2D eigenvalue weighted by molar-refractivity contribution is 6.32. The molecule has 1 aromatic carbocycles. The Morgan fingerprint density at radius 2 is 2.10 bits per heavy atom. The Hall–Kier alpha value is -0.980. The van der Waals surface area contributed by atoms with Crippen molar-refractivity contribution in [3.63, 3.8) is 0 Å². The number of benzene rings is 1. The zero-order chi connectivity index (χ0) is 15.8. The fourth-order valence-corrected chi connectivity index (χ4v) is 3.14. The Labute approximate surface area is 126 Å². The van der Waals surface area contributed by atoms with Crippen LogP contribution in [0.1, 0.15) is 23.6 Å². The summed E-state index contributed by atoms with van der Waals surface area (Å²) >= 11 is 6.01. The van der Waals surface area contributed by atoms with Gasteiger partial charge in [-0.1, -0.05) is 11.6 Å². The van der Waals surface area contributed by atoms with Gasteiger partial charge < -0.3 is 10.5 Å². The molecule has 1 aliphatic rings. The molecule has 1 aromatic rings. The van der Waals surface area contributed by atoms with Crippen molar-refractivity contribution < 1.29 is 17.9 Å². The molecule has 7 heteroatoms. The van der Waals surface area contributed by atoms with E-state index in [1.54, 1.807) is 7.05 Å².